The second kappa shape index (κ2) is 9.30. The summed E-state index contributed by atoms with van der Waals surface area (Å²) in [7, 11) is 0. The summed E-state index contributed by atoms with van der Waals surface area (Å²) in [6.45, 7) is 11.6. The van der Waals surface area contributed by atoms with Crippen LogP contribution in [0, 0.1) is 16.7 Å². The number of carbonyl (C=O) groups excluding carboxylic acids is 1. The fourth-order valence-corrected chi connectivity index (χ4v) is 7.49. The van der Waals surface area contributed by atoms with Crippen LogP contribution in [0.2, 0.25) is 0 Å². The van der Waals surface area contributed by atoms with E-state index in [1.54, 1.807) is 0 Å². The summed E-state index contributed by atoms with van der Waals surface area (Å²) >= 11 is 1.50. The van der Waals surface area contributed by atoms with Crippen LogP contribution < -0.4 is 5.32 Å². The molecule has 0 spiro atoms. The predicted octanol–water partition coefficient (Wildman–Crippen LogP) is 5.24. The van der Waals surface area contributed by atoms with Crippen LogP contribution in [-0.4, -0.2) is 50.5 Å². The monoisotopic (exact) mass is 481 g/mol. The van der Waals surface area contributed by atoms with Crippen molar-refractivity contribution in [3.8, 4) is 5.69 Å². The second-order valence-electron chi connectivity index (χ2n) is 11.3. The van der Waals surface area contributed by atoms with Gasteiger partial charge in [0.25, 0.3) is 0 Å². The van der Waals surface area contributed by atoms with Crippen molar-refractivity contribution in [2.75, 3.05) is 18.8 Å². The Kier molecular flexibility index (Phi) is 6.53. The Hall–Kier alpha value is -1.86. The van der Waals surface area contributed by atoms with Gasteiger partial charge < -0.3 is 5.32 Å². The number of hydrogen-bond acceptors (Lipinski definition) is 5. The lowest BCUT2D eigenvalue weighted by molar-refractivity contribution is -0.120. The zero-order valence-electron chi connectivity index (χ0n) is 21.1. The predicted molar refractivity (Wildman–Crippen MR) is 137 cm³/mol. The van der Waals surface area contributed by atoms with E-state index in [2.05, 4.69) is 64.8 Å². The van der Waals surface area contributed by atoms with Crippen LogP contribution in [0.3, 0.4) is 0 Å². The number of piperidine rings is 1. The number of amides is 1. The molecule has 2 saturated carbocycles. The van der Waals surface area contributed by atoms with Gasteiger partial charge in [-0.2, -0.15) is 0 Å². The van der Waals surface area contributed by atoms with E-state index in [0.717, 1.165) is 42.1 Å². The Balaban J connectivity index is 1.31. The molecular weight excluding hydrogens is 442 g/mol. The van der Waals surface area contributed by atoms with Crippen molar-refractivity contribution in [2.24, 2.45) is 16.7 Å². The minimum absolute atomic E-state index is 0.104. The maximum absolute atomic E-state index is 13.0. The molecule has 2 bridgehead atoms. The third-order valence-corrected chi connectivity index (χ3v) is 10.4. The number of fused-ring (bicyclic) bond motifs is 2. The molecule has 5 rings (SSSR count). The number of rotatable bonds is 7. The average Bonchev–Trinajstić information content (AvgIpc) is 3.43. The van der Waals surface area contributed by atoms with Gasteiger partial charge in [-0.15, -0.1) is 10.2 Å². The van der Waals surface area contributed by atoms with E-state index in [9.17, 15) is 4.79 Å². The molecule has 6 nitrogen and oxygen atoms in total. The first-order chi connectivity index (χ1) is 16.3. The van der Waals surface area contributed by atoms with Crippen LogP contribution in [0.4, 0.5) is 0 Å². The lowest BCUT2D eigenvalue weighted by Gasteiger charge is -2.39. The van der Waals surface area contributed by atoms with Gasteiger partial charge in [0.1, 0.15) is 0 Å². The van der Waals surface area contributed by atoms with Crippen LogP contribution in [0.15, 0.2) is 35.5 Å². The molecule has 1 amide bonds. The van der Waals surface area contributed by atoms with Gasteiger partial charge in [0.05, 0.1) is 11.8 Å². The number of nitrogens with one attached hydrogen (secondary N) is 1. The number of benzene rings is 1. The average molecular weight is 482 g/mol. The Labute approximate surface area is 208 Å². The number of para-hydroxylation sites is 1. The second-order valence-corrected chi connectivity index (χ2v) is 12.2. The van der Waals surface area contributed by atoms with Crippen LogP contribution >= 0.6 is 11.8 Å². The molecule has 7 heteroatoms. The summed E-state index contributed by atoms with van der Waals surface area (Å²) in [6, 6.07) is 10.8. The van der Waals surface area contributed by atoms with Crippen molar-refractivity contribution in [3.05, 3.63) is 36.2 Å². The number of thioether (sulfide) groups is 1. The third-order valence-electron chi connectivity index (χ3n) is 9.45. The van der Waals surface area contributed by atoms with Gasteiger partial charge in [-0.25, -0.2) is 0 Å². The fraction of sp³-hybridized carbons (Fsp3) is 0.667. The molecule has 1 aliphatic heterocycles. The van der Waals surface area contributed by atoms with Gasteiger partial charge >= 0.3 is 0 Å². The minimum Gasteiger partial charge on any atom is -0.352 e. The lowest BCUT2D eigenvalue weighted by atomic mass is 9.69. The van der Waals surface area contributed by atoms with Crippen molar-refractivity contribution in [1.82, 2.24) is 25.0 Å². The molecule has 3 fully saturated rings. The Morgan fingerprint density at radius 1 is 1.15 bits per heavy atom. The Morgan fingerprint density at radius 2 is 1.88 bits per heavy atom. The first-order valence-electron chi connectivity index (χ1n) is 13.0. The highest BCUT2D eigenvalue weighted by Gasteiger charge is 2.61. The van der Waals surface area contributed by atoms with Gasteiger partial charge in [-0.3, -0.25) is 14.3 Å². The van der Waals surface area contributed by atoms with E-state index >= 15 is 0 Å². The molecule has 0 unspecified atom stereocenters. The van der Waals surface area contributed by atoms with Crippen molar-refractivity contribution < 1.29 is 4.79 Å². The Morgan fingerprint density at radius 3 is 2.53 bits per heavy atom. The molecule has 4 atom stereocenters. The molecule has 2 aromatic rings. The number of hydrogen-bond donors (Lipinski definition) is 1. The molecule has 2 heterocycles. The van der Waals surface area contributed by atoms with Gasteiger partial charge in [-0.1, -0.05) is 57.2 Å². The van der Waals surface area contributed by atoms with Crippen LogP contribution in [0.25, 0.3) is 5.69 Å². The molecule has 0 radical (unpaired) electrons. The standard InChI is InChI=1S/C27H39N5OS/c1-19(31-15-9-6-10-16-31)24-29-30-25(32(24)21-11-7-5-8-12-21)34-18-23(33)28-22-17-20-13-14-27(22,4)26(20,2)3/h5,7-8,11-12,19-20,22H,6,9-10,13-18H2,1-4H3,(H,28,33)/t19-,20-,22+,27-/m1/s1. The third kappa shape index (κ3) is 4.09. The highest BCUT2D eigenvalue weighted by Crippen LogP contribution is 2.65. The van der Waals surface area contributed by atoms with Crippen molar-refractivity contribution in [3.63, 3.8) is 0 Å². The largest absolute Gasteiger partial charge is 0.352 e. The number of carbonyl (C=O) groups is 1. The summed E-state index contributed by atoms with van der Waals surface area (Å²) in [4.78, 5) is 15.5. The zero-order valence-corrected chi connectivity index (χ0v) is 21.9. The summed E-state index contributed by atoms with van der Waals surface area (Å²) in [6.07, 6.45) is 7.40. The van der Waals surface area contributed by atoms with E-state index < -0.39 is 0 Å². The summed E-state index contributed by atoms with van der Waals surface area (Å²) in [5, 5.41) is 13.4. The quantitative estimate of drug-likeness (QED) is 0.548. The first-order valence-corrected chi connectivity index (χ1v) is 14.0. The smallest absolute Gasteiger partial charge is 0.230 e. The molecule has 1 aromatic carbocycles. The van der Waals surface area contributed by atoms with Gasteiger partial charge in [0.2, 0.25) is 5.91 Å². The minimum atomic E-state index is 0.104. The summed E-state index contributed by atoms with van der Waals surface area (Å²) in [5.74, 6) is 2.14. The summed E-state index contributed by atoms with van der Waals surface area (Å²) < 4.78 is 2.15. The maximum atomic E-state index is 13.0. The maximum Gasteiger partial charge on any atom is 0.230 e. The van der Waals surface area contributed by atoms with E-state index in [4.69, 9.17) is 0 Å². The molecular formula is C27H39N5OS. The lowest BCUT2D eigenvalue weighted by Crippen LogP contribution is -2.47. The SMILES string of the molecule is C[C@H](c1nnc(SCC(=O)N[C@H]2C[C@H]3CC[C@@]2(C)C3(C)C)n1-c1ccccc1)N1CCCCC1. The van der Waals surface area contributed by atoms with E-state index in [-0.39, 0.29) is 23.4 Å². The molecule has 34 heavy (non-hydrogen) atoms. The number of likely N-dealkylation sites (tertiary alicyclic amines) is 1. The van der Waals surface area contributed by atoms with Crippen molar-refractivity contribution in [2.45, 2.75) is 83.5 Å². The summed E-state index contributed by atoms with van der Waals surface area (Å²) in [5.41, 5.74) is 1.54. The van der Waals surface area contributed by atoms with Crippen LogP contribution in [0.1, 0.15) is 78.1 Å². The van der Waals surface area contributed by atoms with Crippen LogP contribution in [0.5, 0.6) is 0 Å². The highest BCUT2D eigenvalue weighted by molar-refractivity contribution is 7.99. The van der Waals surface area contributed by atoms with Gasteiger partial charge in [0, 0.05) is 11.7 Å². The van der Waals surface area contributed by atoms with Crippen molar-refractivity contribution in [1.29, 1.82) is 0 Å². The molecule has 3 aliphatic rings. The number of aromatic nitrogens is 3. The zero-order chi connectivity index (χ0) is 23.9. The molecule has 1 N–H and O–H groups in total. The number of nitrogens with zero attached hydrogens (tertiary/aromatic N) is 4. The van der Waals surface area contributed by atoms with Gasteiger partial charge in [0.15, 0.2) is 11.0 Å². The first kappa shape index (κ1) is 23.9. The Bertz CT molecular complexity index is 1020. The fourth-order valence-electron chi connectivity index (χ4n) is 6.72. The highest BCUT2D eigenvalue weighted by atomic mass is 32.2. The molecule has 184 valence electrons. The van der Waals surface area contributed by atoms with Crippen LogP contribution in [-0.2, 0) is 4.79 Å². The molecule has 1 saturated heterocycles. The normalized spacial score (nSPS) is 29.3. The van der Waals surface area contributed by atoms with E-state index in [1.807, 2.05) is 18.2 Å². The van der Waals surface area contributed by atoms with E-state index in [0.29, 0.717) is 11.2 Å². The topological polar surface area (TPSA) is 63.1 Å². The van der Waals surface area contributed by atoms with Crippen molar-refractivity contribution >= 4 is 17.7 Å². The van der Waals surface area contributed by atoms with Gasteiger partial charge in [-0.05, 0) is 81.0 Å². The molecule has 2 aliphatic carbocycles. The van der Waals surface area contributed by atoms with E-state index in [1.165, 1.54) is 43.9 Å². The molecule has 1 aromatic heterocycles.